The highest BCUT2D eigenvalue weighted by atomic mass is 16.4. The summed E-state index contributed by atoms with van der Waals surface area (Å²) in [6.45, 7) is 3.89. The average Bonchev–Trinajstić information content (AvgIpc) is 3.27. The van der Waals surface area contributed by atoms with Gasteiger partial charge in [0.15, 0.2) is 0 Å². The van der Waals surface area contributed by atoms with Gasteiger partial charge in [-0.2, -0.15) is 0 Å². The van der Waals surface area contributed by atoms with Crippen LogP contribution in [-0.4, -0.2) is 47.8 Å². The van der Waals surface area contributed by atoms with E-state index in [0.29, 0.717) is 5.76 Å². The predicted octanol–water partition coefficient (Wildman–Crippen LogP) is 2.19. The van der Waals surface area contributed by atoms with E-state index in [-0.39, 0.29) is 18.6 Å². The lowest BCUT2D eigenvalue weighted by Crippen LogP contribution is -2.51. The number of aliphatic hydroxyl groups is 1. The molecule has 2 aliphatic rings. The van der Waals surface area contributed by atoms with E-state index in [1.165, 1.54) is 31.9 Å². The molecule has 1 saturated carbocycles. The van der Waals surface area contributed by atoms with Crippen LogP contribution in [0.5, 0.6) is 0 Å². The molecule has 1 unspecified atom stereocenters. The minimum absolute atomic E-state index is 0.118. The maximum absolute atomic E-state index is 12.1. The Morgan fingerprint density at radius 1 is 1.33 bits per heavy atom. The fourth-order valence-corrected chi connectivity index (χ4v) is 3.84. The number of furan rings is 1. The lowest BCUT2D eigenvalue weighted by Gasteiger charge is -2.36. The van der Waals surface area contributed by atoms with Gasteiger partial charge in [-0.25, -0.2) is 4.79 Å². The molecule has 1 aromatic rings. The van der Waals surface area contributed by atoms with Gasteiger partial charge in [0.2, 0.25) is 0 Å². The van der Waals surface area contributed by atoms with Crippen molar-refractivity contribution in [1.82, 2.24) is 15.5 Å². The van der Waals surface area contributed by atoms with Gasteiger partial charge in [-0.3, -0.25) is 0 Å². The zero-order valence-corrected chi connectivity index (χ0v) is 14.5. The van der Waals surface area contributed by atoms with Crippen LogP contribution < -0.4 is 10.6 Å². The van der Waals surface area contributed by atoms with E-state index >= 15 is 0 Å². The molecule has 6 nitrogen and oxygen atoms in total. The number of nitrogens with zero attached hydrogens (tertiary/aromatic N) is 1. The van der Waals surface area contributed by atoms with Crippen LogP contribution in [0, 0.1) is 0 Å². The molecule has 0 radical (unpaired) electrons. The van der Waals surface area contributed by atoms with Gasteiger partial charge in [0.1, 0.15) is 11.4 Å². The van der Waals surface area contributed by atoms with E-state index in [2.05, 4.69) is 15.5 Å². The van der Waals surface area contributed by atoms with Crippen molar-refractivity contribution in [2.45, 2.75) is 63.1 Å². The topological polar surface area (TPSA) is 77.7 Å². The lowest BCUT2D eigenvalue weighted by molar-refractivity contribution is 0.0365. The van der Waals surface area contributed by atoms with Gasteiger partial charge in [-0.15, -0.1) is 0 Å². The lowest BCUT2D eigenvalue weighted by atomic mass is 10.0. The first-order chi connectivity index (χ1) is 11.5. The first kappa shape index (κ1) is 17.3. The fraction of sp³-hybridized carbons (Fsp3) is 0.722. The number of urea groups is 1. The van der Waals surface area contributed by atoms with Crippen LogP contribution in [0.15, 0.2) is 22.8 Å². The molecule has 3 rings (SSSR count). The van der Waals surface area contributed by atoms with Crippen LogP contribution >= 0.6 is 0 Å². The Morgan fingerprint density at radius 3 is 2.67 bits per heavy atom. The van der Waals surface area contributed by atoms with Gasteiger partial charge in [0.05, 0.1) is 12.8 Å². The number of rotatable bonds is 5. The van der Waals surface area contributed by atoms with E-state index in [1.807, 2.05) is 0 Å². The summed E-state index contributed by atoms with van der Waals surface area (Å²) in [7, 11) is 0. The zero-order valence-electron chi connectivity index (χ0n) is 14.5. The summed E-state index contributed by atoms with van der Waals surface area (Å²) in [4.78, 5) is 14.7. The number of likely N-dealkylation sites (tertiary alicyclic amines) is 1. The van der Waals surface area contributed by atoms with Crippen LogP contribution in [0.25, 0.3) is 0 Å². The maximum atomic E-state index is 12.1. The van der Waals surface area contributed by atoms with Gasteiger partial charge < -0.3 is 25.1 Å². The number of hydrogen-bond acceptors (Lipinski definition) is 4. The Balaban J connectivity index is 1.38. The molecule has 2 amide bonds. The highest BCUT2D eigenvalue weighted by Crippen LogP contribution is 2.26. The van der Waals surface area contributed by atoms with Crippen molar-refractivity contribution >= 4 is 6.03 Å². The largest absolute Gasteiger partial charge is 0.466 e. The van der Waals surface area contributed by atoms with E-state index < -0.39 is 5.60 Å². The molecular weight excluding hydrogens is 306 g/mol. The standard InChI is InChI=1S/C18H29N3O3/c1-18(23,16-7-4-12-24-16)13-19-17(22)20-14-8-10-21(11-9-14)15-5-2-3-6-15/h4,7,12,14-15,23H,2-3,5-6,8-11,13H2,1H3,(H2,19,20,22). The monoisotopic (exact) mass is 335 g/mol. The molecule has 1 aromatic heterocycles. The van der Waals surface area contributed by atoms with Crippen molar-refractivity contribution < 1.29 is 14.3 Å². The molecule has 1 saturated heterocycles. The molecule has 0 spiro atoms. The molecule has 24 heavy (non-hydrogen) atoms. The van der Waals surface area contributed by atoms with Gasteiger partial charge in [0, 0.05) is 25.2 Å². The maximum Gasteiger partial charge on any atom is 0.315 e. The third-order valence-corrected chi connectivity index (χ3v) is 5.35. The number of carbonyl (C=O) groups excluding carboxylic acids is 1. The summed E-state index contributed by atoms with van der Waals surface area (Å²) < 4.78 is 5.21. The molecule has 0 bridgehead atoms. The Hall–Kier alpha value is -1.53. The smallest absolute Gasteiger partial charge is 0.315 e. The number of carbonyl (C=O) groups is 1. The van der Waals surface area contributed by atoms with Crippen molar-refractivity contribution in [3.63, 3.8) is 0 Å². The van der Waals surface area contributed by atoms with Gasteiger partial charge >= 0.3 is 6.03 Å². The molecule has 1 atom stereocenters. The third-order valence-electron chi connectivity index (χ3n) is 5.35. The van der Waals surface area contributed by atoms with Gasteiger partial charge in [0.25, 0.3) is 0 Å². The van der Waals surface area contributed by atoms with Crippen LogP contribution in [0.3, 0.4) is 0 Å². The van der Waals surface area contributed by atoms with Crippen molar-refractivity contribution in [3.05, 3.63) is 24.2 Å². The van der Waals surface area contributed by atoms with Gasteiger partial charge in [-0.1, -0.05) is 12.8 Å². The SMILES string of the molecule is CC(O)(CNC(=O)NC1CCN(C2CCCC2)CC1)c1ccco1. The molecule has 6 heteroatoms. The van der Waals surface area contributed by atoms with E-state index in [0.717, 1.165) is 32.0 Å². The highest BCUT2D eigenvalue weighted by molar-refractivity contribution is 5.74. The molecule has 1 aliphatic carbocycles. The quantitative estimate of drug-likeness (QED) is 0.771. The van der Waals surface area contributed by atoms with Crippen molar-refractivity contribution in [3.8, 4) is 0 Å². The zero-order chi connectivity index (χ0) is 17.0. The van der Waals surface area contributed by atoms with Crippen molar-refractivity contribution in [2.24, 2.45) is 0 Å². The number of hydrogen-bond donors (Lipinski definition) is 3. The molecular formula is C18H29N3O3. The minimum atomic E-state index is -1.20. The second-order valence-corrected chi connectivity index (χ2v) is 7.33. The van der Waals surface area contributed by atoms with E-state index in [1.54, 1.807) is 19.1 Å². The molecule has 134 valence electrons. The summed E-state index contributed by atoms with van der Waals surface area (Å²) in [5.74, 6) is 0.452. The Labute approximate surface area is 143 Å². The normalized spacial score (nSPS) is 23.1. The molecule has 2 fully saturated rings. The second kappa shape index (κ2) is 7.57. The second-order valence-electron chi connectivity index (χ2n) is 7.33. The number of piperidine rings is 1. The summed E-state index contributed by atoms with van der Waals surface area (Å²) in [5.41, 5.74) is -1.20. The first-order valence-electron chi connectivity index (χ1n) is 9.09. The van der Waals surface area contributed by atoms with Crippen molar-refractivity contribution in [2.75, 3.05) is 19.6 Å². The minimum Gasteiger partial charge on any atom is -0.466 e. The number of amides is 2. The highest BCUT2D eigenvalue weighted by Gasteiger charge is 2.29. The van der Waals surface area contributed by atoms with Crippen LogP contribution in [0.1, 0.15) is 51.2 Å². The average molecular weight is 335 g/mol. The first-order valence-corrected chi connectivity index (χ1v) is 9.09. The van der Waals surface area contributed by atoms with Gasteiger partial charge in [-0.05, 0) is 44.7 Å². The molecule has 0 aromatic carbocycles. The summed E-state index contributed by atoms with van der Waals surface area (Å²) >= 11 is 0. The van der Waals surface area contributed by atoms with Crippen LogP contribution in [0.4, 0.5) is 4.79 Å². The van der Waals surface area contributed by atoms with E-state index in [4.69, 9.17) is 4.42 Å². The van der Waals surface area contributed by atoms with Crippen LogP contribution in [-0.2, 0) is 5.60 Å². The van der Waals surface area contributed by atoms with E-state index in [9.17, 15) is 9.90 Å². The molecule has 2 heterocycles. The van der Waals surface area contributed by atoms with Crippen LogP contribution in [0.2, 0.25) is 0 Å². The predicted molar refractivity (Wildman–Crippen MR) is 91.7 cm³/mol. The van der Waals surface area contributed by atoms with Crippen molar-refractivity contribution in [1.29, 1.82) is 0 Å². The molecule has 3 N–H and O–H groups in total. The Kier molecular flexibility index (Phi) is 5.46. The summed E-state index contributed by atoms with van der Waals surface area (Å²) in [5, 5.41) is 16.1. The third kappa shape index (κ3) is 4.30. The fourth-order valence-electron chi connectivity index (χ4n) is 3.84. The summed E-state index contributed by atoms with van der Waals surface area (Å²) in [6.07, 6.45) is 8.90. The molecule has 1 aliphatic heterocycles. The Bertz CT molecular complexity index is 516. The number of nitrogens with one attached hydrogen (secondary N) is 2. The summed E-state index contributed by atoms with van der Waals surface area (Å²) in [6, 6.07) is 4.20. The Morgan fingerprint density at radius 2 is 2.04 bits per heavy atom.